The van der Waals surface area contributed by atoms with Gasteiger partial charge >= 0.3 is 0 Å². The maximum absolute atomic E-state index is 12.8. The van der Waals surface area contributed by atoms with Crippen LogP contribution in [0.25, 0.3) is 41.6 Å². The van der Waals surface area contributed by atoms with Crippen molar-refractivity contribution in [2.45, 2.75) is 46.9 Å². The first-order valence-electron chi connectivity index (χ1n) is 17.7. The fourth-order valence-corrected chi connectivity index (χ4v) is 7.86. The van der Waals surface area contributed by atoms with E-state index in [1.165, 1.54) is 35.0 Å². The van der Waals surface area contributed by atoms with Gasteiger partial charge in [0.15, 0.2) is 6.79 Å². The number of phenolic OH excluding ortho intramolecular Hbond substituents is 1. The molecule has 2 unspecified atom stereocenters. The van der Waals surface area contributed by atoms with Crippen molar-refractivity contribution in [2.24, 2.45) is 0 Å². The topological polar surface area (TPSA) is 97.8 Å². The number of rotatable bonds is 13. The molecule has 0 saturated carbocycles. The van der Waals surface area contributed by atoms with Gasteiger partial charge in [0, 0.05) is 36.2 Å². The van der Waals surface area contributed by atoms with Gasteiger partial charge in [-0.1, -0.05) is 17.7 Å². The Labute approximate surface area is 323 Å². The normalized spacial score (nSPS) is 12.2. The van der Waals surface area contributed by atoms with Gasteiger partial charge in [-0.2, -0.15) is 0 Å². The van der Waals surface area contributed by atoms with Gasteiger partial charge in [0.1, 0.15) is 39.5 Å². The summed E-state index contributed by atoms with van der Waals surface area (Å²) in [6.07, 6.45) is -0.829. The minimum Gasteiger partial charge on any atom is -0.508 e. The van der Waals surface area contributed by atoms with Crippen molar-refractivity contribution in [1.29, 1.82) is 0 Å². The summed E-state index contributed by atoms with van der Waals surface area (Å²) in [5.74, 6) is 2.01. The SMILES string of the molecule is CC([18F])CNc1ccc(-c2nc3ccc(O)cc3s2)cc1.COCOc1ccc2nc(-c3ccc(NCC(C)Oc4c(C)cc(C)cc4C)cc3)sc2c1. The van der Waals surface area contributed by atoms with Crippen LogP contribution in [0, 0.1) is 20.8 Å². The number of nitrogens with zero attached hydrogens (tertiary/aromatic N) is 2. The molecular formula is C43H45FN4O4S2. The van der Waals surface area contributed by atoms with Crippen LogP contribution in [0.2, 0.25) is 0 Å². The number of aromatic nitrogens is 2. The van der Waals surface area contributed by atoms with Gasteiger partial charge < -0.3 is 30.0 Å². The highest BCUT2D eigenvalue weighted by Gasteiger charge is 2.12. The van der Waals surface area contributed by atoms with Gasteiger partial charge in [-0.25, -0.2) is 14.4 Å². The summed E-state index contributed by atoms with van der Waals surface area (Å²) < 4.78 is 31.6. The number of aryl methyl sites for hydroxylation is 3. The van der Waals surface area contributed by atoms with E-state index in [0.29, 0.717) is 6.54 Å². The zero-order chi connectivity index (χ0) is 38.2. The molecule has 54 heavy (non-hydrogen) atoms. The summed E-state index contributed by atoms with van der Waals surface area (Å²) in [6.45, 7) is 11.2. The van der Waals surface area contributed by atoms with E-state index in [-0.39, 0.29) is 18.6 Å². The van der Waals surface area contributed by atoms with Crippen LogP contribution in [0.15, 0.2) is 97.1 Å². The molecule has 7 aromatic rings. The van der Waals surface area contributed by atoms with E-state index in [9.17, 15) is 9.50 Å². The molecule has 2 atom stereocenters. The lowest BCUT2D eigenvalue weighted by molar-refractivity contribution is 0.0512. The molecule has 0 amide bonds. The molecule has 0 bridgehead atoms. The molecule has 0 fully saturated rings. The van der Waals surface area contributed by atoms with E-state index >= 15 is 0 Å². The number of aromatic hydroxyl groups is 1. The second-order valence-electron chi connectivity index (χ2n) is 13.2. The van der Waals surface area contributed by atoms with E-state index < -0.39 is 6.17 Å². The Balaban J connectivity index is 0.000000203. The van der Waals surface area contributed by atoms with Gasteiger partial charge in [0.05, 0.1) is 27.0 Å². The summed E-state index contributed by atoms with van der Waals surface area (Å²) in [5, 5.41) is 17.9. The van der Waals surface area contributed by atoms with Gasteiger partial charge in [-0.05, 0) is 131 Å². The molecule has 0 spiro atoms. The number of phenols is 1. The molecule has 5 aromatic carbocycles. The van der Waals surface area contributed by atoms with Crippen molar-refractivity contribution >= 4 is 54.5 Å². The number of fused-ring (bicyclic) bond motifs is 2. The molecule has 0 radical (unpaired) electrons. The molecule has 280 valence electrons. The maximum atomic E-state index is 12.8. The highest BCUT2D eigenvalue weighted by molar-refractivity contribution is 7.22. The predicted molar refractivity (Wildman–Crippen MR) is 223 cm³/mol. The molecule has 0 aliphatic carbocycles. The number of anilines is 2. The highest BCUT2D eigenvalue weighted by atomic mass is 32.1. The third-order valence-corrected chi connectivity index (χ3v) is 10.6. The Kier molecular flexibility index (Phi) is 12.6. The molecule has 0 aliphatic rings. The number of hydrogen-bond acceptors (Lipinski definition) is 10. The van der Waals surface area contributed by atoms with E-state index in [1.807, 2.05) is 48.5 Å². The van der Waals surface area contributed by atoms with Crippen LogP contribution in [0.5, 0.6) is 17.2 Å². The molecule has 11 heteroatoms. The fourth-order valence-electron chi connectivity index (χ4n) is 5.86. The molecular weight excluding hydrogens is 719 g/mol. The monoisotopic (exact) mass is 763 g/mol. The Hall–Kier alpha value is -5.23. The highest BCUT2D eigenvalue weighted by Crippen LogP contribution is 2.34. The Bertz CT molecular complexity index is 2280. The van der Waals surface area contributed by atoms with Crippen LogP contribution in [-0.4, -0.2) is 54.3 Å². The van der Waals surface area contributed by atoms with E-state index in [4.69, 9.17) is 19.2 Å². The van der Waals surface area contributed by atoms with Crippen molar-refractivity contribution < 1.29 is 23.7 Å². The van der Waals surface area contributed by atoms with Crippen molar-refractivity contribution in [2.75, 3.05) is 37.6 Å². The first-order valence-corrected chi connectivity index (χ1v) is 19.4. The number of methoxy groups -OCH3 is 1. The molecule has 0 saturated heterocycles. The van der Waals surface area contributed by atoms with E-state index in [0.717, 1.165) is 71.0 Å². The van der Waals surface area contributed by atoms with Crippen LogP contribution in [0.1, 0.15) is 30.5 Å². The lowest BCUT2D eigenvalue weighted by Crippen LogP contribution is -2.23. The predicted octanol–water partition coefficient (Wildman–Crippen LogP) is 11.2. The summed E-state index contributed by atoms with van der Waals surface area (Å²) in [5.41, 5.74) is 9.51. The fraction of sp³-hybridized carbons (Fsp3) is 0.256. The molecule has 7 rings (SSSR count). The van der Waals surface area contributed by atoms with Crippen molar-refractivity contribution in [3.8, 4) is 38.4 Å². The van der Waals surface area contributed by atoms with E-state index in [1.54, 1.807) is 30.6 Å². The zero-order valence-corrected chi connectivity index (χ0v) is 32.9. The average molecular weight is 764 g/mol. The third kappa shape index (κ3) is 10.0. The molecule has 2 heterocycles. The number of ether oxygens (including phenoxy) is 3. The summed E-state index contributed by atoms with van der Waals surface area (Å²) in [7, 11) is 1.61. The number of halogens is 1. The van der Waals surface area contributed by atoms with Crippen molar-refractivity contribution in [3.05, 3.63) is 114 Å². The first kappa shape index (κ1) is 38.5. The van der Waals surface area contributed by atoms with Gasteiger partial charge in [0.2, 0.25) is 0 Å². The quantitative estimate of drug-likeness (QED) is 0.0999. The molecule has 8 nitrogen and oxygen atoms in total. The van der Waals surface area contributed by atoms with Crippen LogP contribution >= 0.6 is 22.7 Å². The zero-order valence-electron chi connectivity index (χ0n) is 31.3. The average Bonchev–Trinajstić information content (AvgIpc) is 3.78. The smallest absolute Gasteiger partial charge is 0.188 e. The lowest BCUT2D eigenvalue weighted by atomic mass is 10.1. The van der Waals surface area contributed by atoms with Crippen molar-refractivity contribution in [1.82, 2.24) is 9.97 Å². The number of alkyl halides is 1. The van der Waals surface area contributed by atoms with Gasteiger partial charge in [-0.3, -0.25) is 0 Å². The Morgan fingerprint density at radius 2 is 1.24 bits per heavy atom. The minimum absolute atomic E-state index is 0.0450. The van der Waals surface area contributed by atoms with Crippen LogP contribution in [-0.2, 0) is 4.74 Å². The van der Waals surface area contributed by atoms with Crippen LogP contribution in [0.3, 0.4) is 0 Å². The number of benzene rings is 5. The standard InChI is InChI=1S/C27H30N2O3S.C16H15FN2OS/c1-17-12-18(2)26(19(3)13-17)32-20(4)15-28-22-8-6-21(7-9-22)27-29-24-11-10-23(31-16-30-5)14-25(24)33-27;1-10(17)9-18-12-4-2-11(3-5-12)16-19-14-7-6-13(20)8-15(14)21-16/h6-14,20,28H,15-16H2,1-5H3;2-8,10,18,20H,9H2,1H3/i;17-1. The largest absolute Gasteiger partial charge is 0.508 e. The Morgan fingerprint density at radius 1 is 0.704 bits per heavy atom. The second kappa shape index (κ2) is 17.7. The lowest BCUT2D eigenvalue weighted by Gasteiger charge is -2.20. The molecule has 3 N–H and O–H groups in total. The molecule has 0 aliphatic heterocycles. The second-order valence-corrected chi connectivity index (χ2v) is 15.3. The summed E-state index contributed by atoms with van der Waals surface area (Å²) >= 11 is 3.19. The first-order chi connectivity index (χ1) is 26.0. The number of thiazole rings is 2. The summed E-state index contributed by atoms with van der Waals surface area (Å²) in [6, 6.07) is 31.5. The number of hydrogen-bond donors (Lipinski definition) is 3. The minimum atomic E-state index is -0.874. The van der Waals surface area contributed by atoms with Gasteiger partial charge in [0.25, 0.3) is 0 Å². The maximum Gasteiger partial charge on any atom is 0.188 e. The summed E-state index contributed by atoms with van der Waals surface area (Å²) in [4.78, 5) is 9.32. The van der Waals surface area contributed by atoms with Crippen LogP contribution in [0.4, 0.5) is 15.8 Å². The van der Waals surface area contributed by atoms with Crippen LogP contribution < -0.4 is 20.1 Å². The molecule has 2 aromatic heterocycles. The third-order valence-electron chi connectivity index (χ3n) is 8.44. The number of nitrogens with one attached hydrogen (secondary N) is 2. The van der Waals surface area contributed by atoms with E-state index in [2.05, 4.69) is 79.7 Å². The van der Waals surface area contributed by atoms with Gasteiger partial charge in [-0.15, -0.1) is 22.7 Å². The Morgan fingerprint density at radius 3 is 1.80 bits per heavy atom. The van der Waals surface area contributed by atoms with Crippen molar-refractivity contribution in [3.63, 3.8) is 0 Å².